The number of cyclic esters (lactones) is 1. The van der Waals surface area contributed by atoms with Gasteiger partial charge in [-0.1, -0.05) is 70.2 Å². The smallest absolute Gasteiger partial charge is 0.340 e. The molecular weight excluding hydrogens is 396 g/mol. The number of ether oxygens (including phenoxy) is 1. The third-order valence-corrected chi connectivity index (χ3v) is 5.78. The molecule has 1 heterocycles. The van der Waals surface area contributed by atoms with Gasteiger partial charge in [-0.2, -0.15) is 0 Å². The largest absolute Gasteiger partial charge is 0.441 e. The van der Waals surface area contributed by atoms with E-state index in [1.807, 2.05) is 24.3 Å². The van der Waals surface area contributed by atoms with E-state index >= 15 is 0 Å². The van der Waals surface area contributed by atoms with E-state index in [9.17, 15) is 4.79 Å². The Balaban J connectivity index is 1.75. The zero-order valence-electron chi connectivity index (χ0n) is 19.3. The van der Waals surface area contributed by atoms with E-state index in [-0.39, 0.29) is 5.97 Å². The lowest BCUT2D eigenvalue weighted by Crippen LogP contribution is -2.29. The number of fused-ring (bicyclic) bond motifs is 1. The van der Waals surface area contributed by atoms with Gasteiger partial charge in [0.2, 0.25) is 0 Å². The number of carbonyl (C=O) groups is 1. The van der Waals surface area contributed by atoms with Crippen molar-refractivity contribution in [3.8, 4) is 0 Å². The Morgan fingerprint density at radius 3 is 1.66 bits per heavy atom. The van der Waals surface area contributed by atoms with E-state index in [2.05, 4.69) is 86.9 Å². The lowest BCUT2D eigenvalue weighted by molar-refractivity contribution is 0.0251. The number of esters is 1. The Labute approximate surface area is 191 Å². The monoisotopic (exact) mass is 428 g/mol. The third kappa shape index (κ3) is 4.22. The zero-order chi connectivity index (χ0) is 22.7. The van der Waals surface area contributed by atoms with Crippen molar-refractivity contribution < 1.29 is 9.53 Å². The van der Waals surface area contributed by atoms with E-state index in [4.69, 9.17) is 4.74 Å². The molecule has 1 aliphatic rings. The molecule has 32 heavy (non-hydrogen) atoms. The number of benzene rings is 3. The molecule has 4 nitrogen and oxygen atoms in total. The fourth-order valence-corrected chi connectivity index (χ4v) is 4.10. The number of hydrogen-bond donors (Lipinski definition) is 2. The molecule has 0 unspecified atom stereocenters. The zero-order valence-corrected chi connectivity index (χ0v) is 19.3. The molecule has 0 radical (unpaired) electrons. The summed E-state index contributed by atoms with van der Waals surface area (Å²) in [6.45, 7) is 10.6. The van der Waals surface area contributed by atoms with Crippen LogP contribution in [0.3, 0.4) is 0 Å². The first kappa shape index (κ1) is 21.9. The summed E-state index contributed by atoms with van der Waals surface area (Å²) in [6, 6.07) is 24.2. The summed E-state index contributed by atoms with van der Waals surface area (Å²) in [5, 5.41) is 6.91. The van der Waals surface area contributed by atoms with Crippen molar-refractivity contribution >= 4 is 17.3 Å². The van der Waals surface area contributed by atoms with Crippen LogP contribution in [0, 0.1) is 11.8 Å². The summed E-state index contributed by atoms with van der Waals surface area (Å²) in [7, 11) is 0. The Kier molecular flexibility index (Phi) is 6.22. The van der Waals surface area contributed by atoms with E-state index in [1.165, 1.54) is 0 Å². The van der Waals surface area contributed by atoms with E-state index in [1.54, 1.807) is 0 Å². The maximum Gasteiger partial charge on any atom is 0.340 e. The molecule has 0 aliphatic carbocycles. The third-order valence-electron chi connectivity index (χ3n) is 5.78. The van der Waals surface area contributed by atoms with Gasteiger partial charge in [-0.25, -0.2) is 4.79 Å². The van der Waals surface area contributed by atoms with Crippen LogP contribution in [0.2, 0.25) is 0 Å². The van der Waals surface area contributed by atoms with Crippen LogP contribution >= 0.6 is 0 Å². The molecule has 0 bridgehead atoms. The van der Waals surface area contributed by atoms with E-state index < -0.39 is 5.60 Å². The van der Waals surface area contributed by atoms with Crippen molar-refractivity contribution in [3.05, 3.63) is 95.1 Å². The Hall–Kier alpha value is -3.27. The second-order valence-corrected chi connectivity index (χ2v) is 9.32. The van der Waals surface area contributed by atoms with Crippen LogP contribution < -0.4 is 10.6 Å². The van der Waals surface area contributed by atoms with Gasteiger partial charge in [0, 0.05) is 41.2 Å². The van der Waals surface area contributed by atoms with E-state index in [0.29, 0.717) is 17.4 Å². The first-order chi connectivity index (χ1) is 15.4. The fraction of sp³-hybridized carbons (Fsp3) is 0.321. The van der Waals surface area contributed by atoms with Crippen molar-refractivity contribution in [2.45, 2.75) is 33.3 Å². The topological polar surface area (TPSA) is 50.4 Å². The van der Waals surface area contributed by atoms with Crippen molar-refractivity contribution in [1.29, 1.82) is 0 Å². The molecule has 4 rings (SSSR count). The summed E-state index contributed by atoms with van der Waals surface area (Å²) in [4.78, 5) is 12.9. The molecule has 1 aliphatic heterocycles. The van der Waals surface area contributed by atoms with Crippen LogP contribution in [0.25, 0.3) is 0 Å². The number of anilines is 2. The van der Waals surface area contributed by atoms with Crippen LogP contribution in [-0.2, 0) is 10.3 Å². The van der Waals surface area contributed by atoms with Gasteiger partial charge in [0.05, 0.1) is 5.56 Å². The Morgan fingerprint density at radius 2 is 1.19 bits per heavy atom. The SMILES string of the molecule is CC(C)CNc1ccc(C2(c3ccc(NCC(C)C)cc3)OC(=O)c3ccccc32)cc1. The molecule has 0 saturated heterocycles. The fourth-order valence-electron chi connectivity index (χ4n) is 4.10. The van der Waals surface area contributed by atoms with Crippen LogP contribution in [0.1, 0.15) is 54.7 Å². The van der Waals surface area contributed by atoms with Gasteiger partial charge in [0.25, 0.3) is 0 Å². The number of rotatable bonds is 8. The van der Waals surface area contributed by atoms with Gasteiger partial charge >= 0.3 is 5.97 Å². The lowest BCUT2D eigenvalue weighted by Gasteiger charge is -2.30. The molecule has 3 aromatic rings. The minimum atomic E-state index is -0.958. The Morgan fingerprint density at radius 1 is 0.719 bits per heavy atom. The van der Waals surface area contributed by atoms with Crippen molar-refractivity contribution in [1.82, 2.24) is 0 Å². The molecule has 0 spiro atoms. The summed E-state index contributed by atoms with van der Waals surface area (Å²) in [5.41, 5.74) is 4.54. The summed E-state index contributed by atoms with van der Waals surface area (Å²) in [6.07, 6.45) is 0. The van der Waals surface area contributed by atoms with Crippen LogP contribution in [0.4, 0.5) is 11.4 Å². The Bertz CT molecular complexity index is 1010. The summed E-state index contributed by atoms with van der Waals surface area (Å²) >= 11 is 0. The minimum absolute atomic E-state index is 0.287. The number of carbonyl (C=O) groups excluding carboxylic acids is 1. The predicted octanol–water partition coefficient (Wildman–Crippen LogP) is 6.28. The standard InChI is InChI=1S/C28H32N2O2/c1-19(2)17-29-23-13-9-21(10-14-23)28(26-8-6-5-7-25(26)27(31)32-28)22-11-15-24(16-12-22)30-18-20(3)4/h5-16,19-20,29-30H,17-18H2,1-4H3. The highest BCUT2D eigenvalue weighted by Gasteiger charge is 2.48. The molecular formula is C28H32N2O2. The molecule has 4 heteroatoms. The van der Waals surface area contributed by atoms with Crippen molar-refractivity contribution in [2.75, 3.05) is 23.7 Å². The highest BCUT2D eigenvalue weighted by Crippen LogP contribution is 2.47. The minimum Gasteiger partial charge on any atom is -0.441 e. The van der Waals surface area contributed by atoms with Gasteiger partial charge in [-0.15, -0.1) is 0 Å². The molecule has 0 atom stereocenters. The van der Waals surface area contributed by atoms with Crippen LogP contribution in [-0.4, -0.2) is 19.1 Å². The lowest BCUT2D eigenvalue weighted by atomic mass is 9.80. The van der Waals surface area contributed by atoms with Crippen molar-refractivity contribution in [2.24, 2.45) is 11.8 Å². The predicted molar refractivity (Wildman–Crippen MR) is 131 cm³/mol. The molecule has 0 amide bonds. The van der Waals surface area contributed by atoms with Gasteiger partial charge in [0.15, 0.2) is 5.60 Å². The maximum absolute atomic E-state index is 12.9. The van der Waals surface area contributed by atoms with Crippen LogP contribution in [0.5, 0.6) is 0 Å². The van der Waals surface area contributed by atoms with Crippen molar-refractivity contribution in [3.63, 3.8) is 0 Å². The molecule has 0 saturated carbocycles. The number of hydrogen-bond acceptors (Lipinski definition) is 4. The molecule has 3 aromatic carbocycles. The number of nitrogens with one attached hydrogen (secondary N) is 2. The molecule has 2 N–H and O–H groups in total. The van der Waals surface area contributed by atoms with Gasteiger partial charge in [0.1, 0.15) is 0 Å². The quantitative estimate of drug-likeness (QED) is 0.414. The van der Waals surface area contributed by atoms with Gasteiger partial charge in [-0.3, -0.25) is 0 Å². The first-order valence-electron chi connectivity index (χ1n) is 11.4. The maximum atomic E-state index is 12.9. The normalized spacial score (nSPS) is 14.4. The van der Waals surface area contributed by atoms with Gasteiger partial charge in [-0.05, 0) is 42.2 Å². The molecule has 166 valence electrons. The average Bonchev–Trinajstić information content (AvgIpc) is 3.10. The second-order valence-electron chi connectivity index (χ2n) is 9.32. The summed E-state index contributed by atoms with van der Waals surface area (Å²) in [5.74, 6) is 0.836. The summed E-state index contributed by atoms with van der Waals surface area (Å²) < 4.78 is 6.19. The van der Waals surface area contributed by atoms with Crippen LogP contribution in [0.15, 0.2) is 72.8 Å². The second kappa shape index (κ2) is 9.07. The highest BCUT2D eigenvalue weighted by atomic mass is 16.6. The van der Waals surface area contributed by atoms with E-state index in [0.717, 1.165) is 41.2 Å². The molecule has 0 aromatic heterocycles. The van der Waals surface area contributed by atoms with Gasteiger partial charge < -0.3 is 15.4 Å². The first-order valence-corrected chi connectivity index (χ1v) is 11.4. The molecule has 0 fully saturated rings. The highest BCUT2D eigenvalue weighted by molar-refractivity contribution is 5.96. The average molecular weight is 429 g/mol.